The molecule has 0 spiro atoms. The molecule has 0 saturated heterocycles. The zero-order chi connectivity index (χ0) is 32.8. The summed E-state index contributed by atoms with van der Waals surface area (Å²) in [6, 6.07) is 3.39. The zero-order valence-corrected chi connectivity index (χ0v) is 33.8. The summed E-state index contributed by atoms with van der Waals surface area (Å²) in [7, 11) is 10.2. The highest BCUT2D eigenvalue weighted by Crippen LogP contribution is 2.41. The first kappa shape index (κ1) is 43.4. The maximum absolute atomic E-state index is 7.20. The molecule has 0 heterocycles. The monoisotopic (exact) mass is 690 g/mol. The Morgan fingerprint density at radius 3 is 1.07 bits per heavy atom. The van der Waals surface area contributed by atoms with Crippen molar-refractivity contribution in [1.82, 2.24) is 0 Å². The van der Waals surface area contributed by atoms with E-state index in [1.54, 1.807) is 71.1 Å². The lowest BCUT2D eigenvalue weighted by Gasteiger charge is -2.45. The molecule has 16 heteroatoms. The van der Waals surface area contributed by atoms with Crippen LogP contribution in [-0.2, 0) is 45.5 Å². The Labute approximate surface area is 269 Å². The van der Waals surface area contributed by atoms with Crippen LogP contribution in [0.25, 0.3) is 0 Å². The van der Waals surface area contributed by atoms with Gasteiger partial charge >= 0.3 is 17.6 Å². The Kier molecular flexibility index (Phi) is 24.8. The number of ether oxygens (including phenoxy) is 4. The molecule has 43 heavy (non-hydrogen) atoms. The fourth-order valence-electron chi connectivity index (χ4n) is 6.10. The first-order valence-corrected chi connectivity index (χ1v) is 23.0. The highest BCUT2D eigenvalue weighted by atomic mass is 28.4. The van der Waals surface area contributed by atoms with Gasteiger partial charge in [-0.15, -0.1) is 0 Å². The number of methoxy groups -OCH3 is 4. The molecule has 0 aliphatic rings. The lowest BCUT2D eigenvalue weighted by molar-refractivity contribution is -0.0442. The third-order valence-corrected chi connectivity index (χ3v) is 18.8. The van der Waals surface area contributed by atoms with Crippen molar-refractivity contribution < 1.29 is 45.5 Å². The molecule has 0 saturated carbocycles. The van der Waals surface area contributed by atoms with Crippen molar-refractivity contribution in [2.75, 3.05) is 71.1 Å². The minimum absolute atomic E-state index is 0.0757. The molecule has 0 aliphatic carbocycles. The second-order valence-electron chi connectivity index (χ2n) is 11.1. The van der Waals surface area contributed by atoms with Crippen molar-refractivity contribution >= 4 is 36.6 Å². The van der Waals surface area contributed by atoms with Gasteiger partial charge in [0, 0.05) is 101 Å². The van der Waals surface area contributed by atoms with Crippen LogP contribution >= 0.6 is 0 Å². The average molecular weight is 691 g/mol. The standard InChI is InChI=1S/C27H66N2O10Si4/c1-30-25(31-2)40-19-13-17-27(18-14-20-41-26(32-3)33-4,23(28)15-11-21-42(34-5,35-6)36-7)24(29)16-12-22-43(37-8,38-9)39-10/h23-26H,11-22,28-29,40-41H2,1-10H3. The van der Waals surface area contributed by atoms with Crippen molar-refractivity contribution in [1.29, 1.82) is 0 Å². The van der Waals surface area contributed by atoms with Crippen molar-refractivity contribution in [3.05, 3.63) is 0 Å². The SMILES string of the molecule is COC(OC)[SiH2]CCCC(CCC[SiH2]C(OC)OC)(C(N)CCC[Si](OC)(OC)OC)C(N)CCC[Si](OC)(OC)OC. The zero-order valence-electron chi connectivity index (χ0n) is 28.9. The highest BCUT2D eigenvalue weighted by molar-refractivity contribution is 6.60. The summed E-state index contributed by atoms with van der Waals surface area (Å²) in [4.78, 5) is 0. The quantitative estimate of drug-likeness (QED) is 0.0645. The van der Waals surface area contributed by atoms with E-state index in [1.165, 1.54) is 0 Å². The maximum Gasteiger partial charge on any atom is 0.500 e. The van der Waals surface area contributed by atoms with Crippen molar-refractivity contribution in [2.24, 2.45) is 16.9 Å². The van der Waals surface area contributed by atoms with Crippen molar-refractivity contribution in [2.45, 2.75) is 99.5 Å². The summed E-state index contributed by atoms with van der Waals surface area (Å²) in [5.41, 5.74) is 14.2. The molecule has 4 N–H and O–H groups in total. The van der Waals surface area contributed by atoms with Crippen LogP contribution in [0.3, 0.4) is 0 Å². The van der Waals surface area contributed by atoms with Crippen molar-refractivity contribution in [3.63, 3.8) is 0 Å². The topological polar surface area (TPSA) is 144 Å². The van der Waals surface area contributed by atoms with Gasteiger partial charge in [-0.1, -0.05) is 24.9 Å². The fraction of sp³-hybridized carbons (Fsp3) is 1.00. The maximum atomic E-state index is 7.20. The lowest BCUT2D eigenvalue weighted by Crippen LogP contribution is -2.54. The van der Waals surface area contributed by atoms with Gasteiger partial charge in [-0.2, -0.15) is 0 Å². The summed E-state index contributed by atoms with van der Waals surface area (Å²) in [6.45, 7) is 0. The Hall–Kier alpha value is 0.388. The van der Waals surface area contributed by atoms with E-state index in [9.17, 15) is 0 Å². The molecule has 0 aromatic carbocycles. The smallest absolute Gasteiger partial charge is 0.377 e. The van der Waals surface area contributed by atoms with Gasteiger partial charge in [0.05, 0.1) is 19.0 Å². The summed E-state index contributed by atoms with van der Waals surface area (Å²) < 4.78 is 56.0. The van der Waals surface area contributed by atoms with Gasteiger partial charge in [0.1, 0.15) is 11.8 Å². The second-order valence-corrected chi connectivity index (χ2v) is 21.2. The van der Waals surface area contributed by atoms with E-state index in [1.807, 2.05) is 0 Å². The van der Waals surface area contributed by atoms with Gasteiger partial charge in [-0.3, -0.25) is 0 Å². The molecule has 0 fully saturated rings. The Morgan fingerprint density at radius 1 is 0.512 bits per heavy atom. The molecule has 0 aliphatic heterocycles. The minimum Gasteiger partial charge on any atom is -0.377 e. The first-order valence-electron chi connectivity index (χ1n) is 15.5. The molecule has 2 atom stereocenters. The van der Waals surface area contributed by atoms with Crippen LogP contribution in [0, 0.1) is 5.41 Å². The number of hydrogen-bond acceptors (Lipinski definition) is 12. The van der Waals surface area contributed by atoms with E-state index in [0.29, 0.717) is 12.1 Å². The van der Waals surface area contributed by atoms with E-state index < -0.39 is 36.6 Å². The predicted octanol–water partition coefficient (Wildman–Crippen LogP) is 1.83. The van der Waals surface area contributed by atoms with Crippen LogP contribution in [-0.4, -0.2) is 132 Å². The van der Waals surface area contributed by atoms with Crippen LogP contribution < -0.4 is 11.5 Å². The van der Waals surface area contributed by atoms with E-state index >= 15 is 0 Å². The van der Waals surface area contributed by atoms with Gasteiger partial charge < -0.3 is 57.0 Å². The van der Waals surface area contributed by atoms with Crippen LogP contribution in [0.2, 0.25) is 24.2 Å². The molecule has 0 bridgehead atoms. The normalized spacial score (nSPS) is 16.3. The Balaban J connectivity index is 6.03. The van der Waals surface area contributed by atoms with Crippen LogP contribution in [0.15, 0.2) is 0 Å². The van der Waals surface area contributed by atoms with Gasteiger partial charge in [0.15, 0.2) is 0 Å². The van der Waals surface area contributed by atoms with Gasteiger partial charge in [0.25, 0.3) is 0 Å². The van der Waals surface area contributed by atoms with Crippen LogP contribution in [0.4, 0.5) is 0 Å². The lowest BCUT2D eigenvalue weighted by atomic mass is 9.66. The van der Waals surface area contributed by atoms with E-state index in [0.717, 1.165) is 63.5 Å². The minimum atomic E-state index is -2.70. The molecule has 0 aromatic heterocycles. The van der Waals surface area contributed by atoms with Crippen LogP contribution in [0.1, 0.15) is 51.4 Å². The van der Waals surface area contributed by atoms with E-state index in [4.69, 9.17) is 57.0 Å². The molecule has 260 valence electrons. The number of hydrogen-bond donors (Lipinski definition) is 2. The van der Waals surface area contributed by atoms with Crippen LogP contribution in [0.5, 0.6) is 0 Å². The molecule has 2 unspecified atom stereocenters. The Bertz CT molecular complexity index is 591. The van der Waals surface area contributed by atoms with Gasteiger partial charge in [-0.05, 0) is 38.5 Å². The largest absolute Gasteiger partial charge is 0.500 e. The number of rotatable bonds is 30. The predicted molar refractivity (Wildman–Crippen MR) is 181 cm³/mol. The molecule has 0 rings (SSSR count). The molecule has 0 aromatic rings. The second kappa shape index (κ2) is 24.5. The summed E-state index contributed by atoms with van der Waals surface area (Å²) >= 11 is 0. The summed E-state index contributed by atoms with van der Waals surface area (Å²) in [6.07, 6.45) is 7.24. The number of nitrogens with two attached hydrogens (primary N) is 2. The highest BCUT2D eigenvalue weighted by Gasteiger charge is 2.44. The molecular formula is C27H66N2O10Si4. The van der Waals surface area contributed by atoms with Gasteiger partial charge in [0.2, 0.25) is 0 Å². The Morgan fingerprint density at radius 2 is 0.814 bits per heavy atom. The third-order valence-electron chi connectivity index (χ3n) is 9.05. The molecule has 0 amide bonds. The molecule has 0 radical (unpaired) electrons. The average Bonchev–Trinajstić information content (AvgIpc) is 3.04. The fourth-order valence-corrected chi connectivity index (χ4v) is 12.3. The van der Waals surface area contributed by atoms with Crippen molar-refractivity contribution in [3.8, 4) is 0 Å². The summed E-state index contributed by atoms with van der Waals surface area (Å²) in [5, 5.41) is 0. The van der Waals surface area contributed by atoms with E-state index in [-0.39, 0.29) is 29.3 Å². The van der Waals surface area contributed by atoms with Gasteiger partial charge in [-0.25, -0.2) is 0 Å². The third kappa shape index (κ3) is 14.8. The summed E-state index contributed by atoms with van der Waals surface area (Å²) in [5.74, 6) is -0.151. The first-order chi connectivity index (χ1) is 20.6. The molecular weight excluding hydrogens is 625 g/mol. The van der Waals surface area contributed by atoms with E-state index in [2.05, 4.69) is 0 Å². The molecule has 12 nitrogen and oxygen atoms in total.